The predicted molar refractivity (Wildman–Crippen MR) is 86.9 cm³/mol. The number of para-hydroxylation sites is 1. The first-order valence-electron chi connectivity index (χ1n) is 7.01. The predicted octanol–water partition coefficient (Wildman–Crippen LogP) is 2.29. The minimum atomic E-state index is -0.0210. The molecule has 0 bridgehead atoms. The number of fused-ring (bicyclic) bond motifs is 1. The fourth-order valence-corrected chi connectivity index (χ4v) is 3.02. The Balaban J connectivity index is 1.58. The van der Waals surface area contributed by atoms with Crippen molar-refractivity contribution in [2.45, 2.75) is 13.0 Å². The summed E-state index contributed by atoms with van der Waals surface area (Å²) in [5.74, 6) is 0. The van der Waals surface area contributed by atoms with Crippen LogP contribution in [0.2, 0.25) is 0 Å². The molecule has 1 aromatic carbocycles. The molecule has 0 amide bonds. The van der Waals surface area contributed by atoms with Crippen LogP contribution in [-0.2, 0) is 13.0 Å². The van der Waals surface area contributed by atoms with E-state index >= 15 is 0 Å². The van der Waals surface area contributed by atoms with Gasteiger partial charge in [0.1, 0.15) is 0 Å². The Bertz CT molecular complexity index is 765. The molecule has 0 aliphatic carbocycles. The highest BCUT2D eigenvalue weighted by atomic mass is 32.1. The summed E-state index contributed by atoms with van der Waals surface area (Å²) < 4.78 is 1.88. The third kappa shape index (κ3) is 3.37. The maximum absolute atomic E-state index is 11.7. The zero-order valence-corrected chi connectivity index (χ0v) is 12.5. The number of thiophene rings is 1. The van der Waals surface area contributed by atoms with E-state index in [-0.39, 0.29) is 5.43 Å². The van der Waals surface area contributed by atoms with E-state index in [2.05, 4.69) is 27.2 Å². The van der Waals surface area contributed by atoms with Crippen molar-refractivity contribution in [2.24, 2.45) is 0 Å². The molecule has 0 saturated heterocycles. The lowest BCUT2D eigenvalue weighted by atomic mass is 10.2. The molecule has 4 nitrogen and oxygen atoms in total. The smallest absolute Gasteiger partial charge is 0.207 e. The standard InChI is InChI=1S/C16H17N3OS/c20-16-11-18-19(15-4-2-1-3-14(15)16)9-8-17-7-5-13-6-10-21-12-13/h1-4,6,10-12,17H,5,7-9H2. The highest BCUT2D eigenvalue weighted by Crippen LogP contribution is 2.07. The van der Waals surface area contributed by atoms with Crippen molar-refractivity contribution in [2.75, 3.05) is 13.1 Å². The van der Waals surface area contributed by atoms with E-state index in [9.17, 15) is 4.79 Å². The molecule has 108 valence electrons. The number of rotatable bonds is 6. The summed E-state index contributed by atoms with van der Waals surface area (Å²) in [6, 6.07) is 9.76. The second-order valence-electron chi connectivity index (χ2n) is 4.88. The van der Waals surface area contributed by atoms with E-state index in [0.717, 1.165) is 37.0 Å². The van der Waals surface area contributed by atoms with Gasteiger partial charge in [-0.15, -0.1) is 0 Å². The minimum Gasteiger partial charge on any atom is -0.315 e. The third-order valence-corrected chi connectivity index (χ3v) is 4.16. The van der Waals surface area contributed by atoms with Crippen molar-refractivity contribution in [1.29, 1.82) is 0 Å². The number of nitrogens with one attached hydrogen (secondary N) is 1. The average Bonchev–Trinajstić information content (AvgIpc) is 3.03. The topological polar surface area (TPSA) is 46.9 Å². The van der Waals surface area contributed by atoms with Crippen LogP contribution in [-0.4, -0.2) is 22.9 Å². The molecule has 3 aromatic rings. The van der Waals surface area contributed by atoms with Gasteiger partial charge < -0.3 is 5.32 Å². The van der Waals surface area contributed by atoms with E-state index in [4.69, 9.17) is 0 Å². The first-order valence-corrected chi connectivity index (χ1v) is 7.95. The zero-order chi connectivity index (χ0) is 14.5. The Labute approximate surface area is 127 Å². The van der Waals surface area contributed by atoms with Crippen molar-refractivity contribution in [3.63, 3.8) is 0 Å². The lowest BCUT2D eigenvalue weighted by molar-refractivity contribution is 0.562. The molecule has 0 fully saturated rings. The SMILES string of the molecule is O=c1cnn(CCNCCc2ccsc2)c2ccccc12. The summed E-state index contributed by atoms with van der Waals surface area (Å²) in [5, 5.41) is 12.6. The molecule has 0 atom stereocenters. The summed E-state index contributed by atoms with van der Waals surface area (Å²) in [4.78, 5) is 11.7. The second kappa shape index (κ2) is 6.65. The van der Waals surface area contributed by atoms with Crippen molar-refractivity contribution < 1.29 is 0 Å². The van der Waals surface area contributed by atoms with Gasteiger partial charge in [0, 0.05) is 11.9 Å². The van der Waals surface area contributed by atoms with Gasteiger partial charge >= 0.3 is 0 Å². The van der Waals surface area contributed by atoms with Gasteiger partial charge in [0.15, 0.2) is 0 Å². The van der Waals surface area contributed by atoms with E-state index in [1.807, 2.05) is 28.9 Å². The highest BCUT2D eigenvalue weighted by molar-refractivity contribution is 7.07. The molecule has 21 heavy (non-hydrogen) atoms. The summed E-state index contributed by atoms with van der Waals surface area (Å²) in [6.07, 6.45) is 2.44. The van der Waals surface area contributed by atoms with E-state index < -0.39 is 0 Å². The Hall–Kier alpha value is -1.98. The van der Waals surface area contributed by atoms with Gasteiger partial charge in [-0.2, -0.15) is 16.4 Å². The Morgan fingerprint density at radius 3 is 2.95 bits per heavy atom. The van der Waals surface area contributed by atoms with E-state index in [0.29, 0.717) is 0 Å². The normalized spacial score (nSPS) is 11.0. The molecule has 3 rings (SSSR count). The molecular formula is C16H17N3OS. The van der Waals surface area contributed by atoms with Crippen LogP contribution in [0.1, 0.15) is 5.56 Å². The molecule has 0 saturated carbocycles. The fourth-order valence-electron chi connectivity index (χ4n) is 2.32. The third-order valence-electron chi connectivity index (χ3n) is 3.43. The maximum Gasteiger partial charge on any atom is 0.207 e. The second-order valence-corrected chi connectivity index (χ2v) is 5.66. The monoisotopic (exact) mass is 299 g/mol. The van der Waals surface area contributed by atoms with Gasteiger partial charge in [-0.25, -0.2) is 0 Å². The molecule has 2 heterocycles. The molecule has 2 aromatic heterocycles. The molecule has 0 radical (unpaired) electrons. The van der Waals surface area contributed by atoms with Crippen LogP contribution in [0, 0.1) is 0 Å². The molecule has 0 unspecified atom stereocenters. The zero-order valence-electron chi connectivity index (χ0n) is 11.7. The van der Waals surface area contributed by atoms with Crippen molar-refractivity contribution in [3.05, 3.63) is 63.1 Å². The quantitative estimate of drug-likeness (QED) is 0.710. The van der Waals surface area contributed by atoms with Crippen LogP contribution >= 0.6 is 11.3 Å². The summed E-state index contributed by atoms with van der Waals surface area (Å²) in [7, 11) is 0. The molecule has 1 N–H and O–H groups in total. The van der Waals surface area contributed by atoms with E-state index in [1.54, 1.807) is 11.3 Å². The van der Waals surface area contributed by atoms with Crippen LogP contribution in [0.15, 0.2) is 52.1 Å². The summed E-state index contributed by atoms with van der Waals surface area (Å²) in [5.41, 5.74) is 2.25. The van der Waals surface area contributed by atoms with E-state index in [1.165, 1.54) is 11.8 Å². The fraction of sp³-hybridized carbons (Fsp3) is 0.250. The van der Waals surface area contributed by atoms with Gasteiger partial charge in [-0.1, -0.05) is 12.1 Å². The van der Waals surface area contributed by atoms with Gasteiger partial charge in [-0.3, -0.25) is 9.48 Å². The first kappa shape index (κ1) is 14.0. The number of nitrogens with zero attached hydrogens (tertiary/aromatic N) is 2. The van der Waals surface area contributed by atoms with Gasteiger partial charge in [-0.05, 0) is 47.5 Å². The largest absolute Gasteiger partial charge is 0.315 e. The lowest BCUT2D eigenvalue weighted by Gasteiger charge is -2.09. The number of benzene rings is 1. The molecule has 0 aliphatic rings. The maximum atomic E-state index is 11.7. The summed E-state index contributed by atoms with van der Waals surface area (Å²) in [6.45, 7) is 2.54. The Kier molecular flexibility index (Phi) is 4.43. The van der Waals surface area contributed by atoms with Crippen molar-refractivity contribution >= 4 is 22.2 Å². The molecule has 0 spiro atoms. The number of hydrogen-bond acceptors (Lipinski definition) is 4. The van der Waals surface area contributed by atoms with Gasteiger partial charge in [0.25, 0.3) is 0 Å². The number of hydrogen-bond donors (Lipinski definition) is 1. The molecule has 5 heteroatoms. The van der Waals surface area contributed by atoms with Gasteiger partial charge in [0.05, 0.1) is 18.3 Å². The van der Waals surface area contributed by atoms with Crippen LogP contribution in [0.4, 0.5) is 0 Å². The Morgan fingerprint density at radius 1 is 1.19 bits per heavy atom. The van der Waals surface area contributed by atoms with Crippen molar-refractivity contribution in [3.8, 4) is 0 Å². The van der Waals surface area contributed by atoms with Gasteiger partial charge in [0.2, 0.25) is 5.43 Å². The summed E-state index contributed by atoms with van der Waals surface area (Å²) >= 11 is 1.73. The van der Waals surface area contributed by atoms with Crippen LogP contribution in [0.5, 0.6) is 0 Å². The Morgan fingerprint density at radius 2 is 2.10 bits per heavy atom. The van der Waals surface area contributed by atoms with Crippen LogP contribution < -0.4 is 10.7 Å². The number of aromatic nitrogens is 2. The molecular weight excluding hydrogens is 282 g/mol. The minimum absolute atomic E-state index is 0.0210. The highest BCUT2D eigenvalue weighted by Gasteiger charge is 2.02. The van der Waals surface area contributed by atoms with Crippen LogP contribution in [0.3, 0.4) is 0 Å². The molecule has 0 aliphatic heterocycles. The average molecular weight is 299 g/mol. The first-order chi connectivity index (χ1) is 10.3. The lowest BCUT2D eigenvalue weighted by Crippen LogP contribution is -2.24. The van der Waals surface area contributed by atoms with Crippen molar-refractivity contribution in [1.82, 2.24) is 15.1 Å². The van der Waals surface area contributed by atoms with Crippen LogP contribution in [0.25, 0.3) is 10.9 Å².